The third kappa shape index (κ3) is 3.37. The fourth-order valence-corrected chi connectivity index (χ4v) is 3.94. The van der Waals surface area contributed by atoms with Gasteiger partial charge in [0.05, 0.1) is 0 Å². The molecule has 0 radical (unpaired) electrons. The Hall–Kier alpha value is -3.23. The monoisotopic (exact) mass is 403 g/mol. The van der Waals surface area contributed by atoms with Crippen LogP contribution in [0.3, 0.4) is 0 Å². The maximum absolute atomic E-state index is 13.7. The van der Waals surface area contributed by atoms with Gasteiger partial charge in [-0.1, -0.05) is 6.07 Å². The van der Waals surface area contributed by atoms with Crippen LogP contribution in [0.2, 0.25) is 0 Å². The number of amides is 2. The van der Waals surface area contributed by atoms with Gasteiger partial charge < -0.3 is 19.9 Å². The van der Waals surface area contributed by atoms with Gasteiger partial charge in [-0.15, -0.1) is 0 Å². The highest BCUT2D eigenvalue weighted by molar-refractivity contribution is 5.99. The third-order valence-corrected chi connectivity index (χ3v) is 5.45. The molecule has 1 fully saturated rings. The average molecular weight is 403 g/mol. The smallest absolute Gasteiger partial charge is 0.274 e. The standard InChI is InChI=1S/C20H19F2N3O4/c21-12-5-4-11(15(22)7-12)8-23-19(28)14-10-24-9-13-3-1-2-6-25(13)20(29)16(24)18(27)17(14)26/h4-5,7,10,13,27H,1-3,6,8-9H2,(H,23,28). The van der Waals surface area contributed by atoms with Crippen molar-refractivity contribution in [1.82, 2.24) is 14.8 Å². The zero-order valence-electron chi connectivity index (χ0n) is 15.5. The van der Waals surface area contributed by atoms with Crippen LogP contribution in [0.4, 0.5) is 8.78 Å². The number of halogens is 2. The first-order valence-electron chi connectivity index (χ1n) is 9.36. The van der Waals surface area contributed by atoms with E-state index in [0.29, 0.717) is 19.2 Å². The van der Waals surface area contributed by atoms with Crippen molar-refractivity contribution in [3.63, 3.8) is 0 Å². The molecule has 2 aromatic rings. The van der Waals surface area contributed by atoms with E-state index < -0.39 is 34.6 Å². The fraction of sp³-hybridized carbons (Fsp3) is 0.350. The Kier molecular flexibility index (Phi) is 4.81. The number of carbonyl (C=O) groups excluding carboxylic acids is 2. The van der Waals surface area contributed by atoms with E-state index in [-0.39, 0.29) is 29.4 Å². The number of aromatic nitrogens is 1. The van der Waals surface area contributed by atoms with E-state index in [4.69, 9.17) is 0 Å². The summed E-state index contributed by atoms with van der Waals surface area (Å²) in [6, 6.07) is 2.90. The van der Waals surface area contributed by atoms with Crippen molar-refractivity contribution < 1.29 is 23.5 Å². The van der Waals surface area contributed by atoms with Gasteiger partial charge in [-0.2, -0.15) is 0 Å². The first kappa shape index (κ1) is 19.1. The molecule has 4 rings (SSSR count). The van der Waals surface area contributed by atoms with E-state index in [9.17, 15) is 28.3 Å². The molecule has 2 aliphatic rings. The fourth-order valence-electron chi connectivity index (χ4n) is 3.94. The molecule has 9 heteroatoms. The molecule has 152 valence electrons. The lowest BCUT2D eigenvalue weighted by atomic mass is 9.98. The van der Waals surface area contributed by atoms with Crippen LogP contribution < -0.4 is 10.7 Å². The molecule has 0 spiro atoms. The number of pyridine rings is 1. The Balaban J connectivity index is 1.61. The number of nitrogens with zero attached hydrogens (tertiary/aromatic N) is 2. The number of fused-ring (bicyclic) bond motifs is 2. The number of benzene rings is 1. The van der Waals surface area contributed by atoms with Crippen molar-refractivity contribution in [3.05, 3.63) is 63.1 Å². The van der Waals surface area contributed by atoms with Gasteiger partial charge in [0.25, 0.3) is 11.8 Å². The number of nitrogens with one attached hydrogen (secondary N) is 1. The van der Waals surface area contributed by atoms with Gasteiger partial charge in [-0.3, -0.25) is 14.4 Å². The molecular formula is C20H19F2N3O4. The lowest BCUT2D eigenvalue weighted by molar-refractivity contribution is 0.0504. The molecule has 7 nitrogen and oxygen atoms in total. The Bertz CT molecular complexity index is 1070. The number of hydrogen-bond donors (Lipinski definition) is 2. The van der Waals surface area contributed by atoms with E-state index >= 15 is 0 Å². The van der Waals surface area contributed by atoms with Crippen molar-refractivity contribution >= 4 is 11.8 Å². The molecule has 3 heterocycles. The molecule has 2 amide bonds. The molecule has 0 bridgehead atoms. The van der Waals surface area contributed by atoms with Crippen LogP contribution in [0.1, 0.15) is 45.7 Å². The van der Waals surface area contributed by atoms with Gasteiger partial charge in [0.1, 0.15) is 17.2 Å². The third-order valence-electron chi connectivity index (χ3n) is 5.45. The zero-order chi connectivity index (χ0) is 20.7. The second kappa shape index (κ2) is 7.31. The molecule has 1 unspecified atom stereocenters. The van der Waals surface area contributed by atoms with E-state index in [1.165, 1.54) is 16.8 Å². The van der Waals surface area contributed by atoms with Crippen molar-refractivity contribution in [2.75, 3.05) is 6.54 Å². The van der Waals surface area contributed by atoms with Crippen LogP contribution in [0.15, 0.2) is 29.2 Å². The van der Waals surface area contributed by atoms with Gasteiger partial charge in [0.2, 0.25) is 5.43 Å². The van der Waals surface area contributed by atoms with Gasteiger partial charge >= 0.3 is 0 Å². The van der Waals surface area contributed by atoms with E-state index in [1.807, 2.05) is 0 Å². The minimum absolute atomic E-state index is 0.0464. The summed E-state index contributed by atoms with van der Waals surface area (Å²) < 4.78 is 28.2. The minimum Gasteiger partial charge on any atom is -0.503 e. The molecular weight excluding hydrogens is 384 g/mol. The van der Waals surface area contributed by atoms with E-state index in [1.54, 1.807) is 4.90 Å². The number of aromatic hydroxyl groups is 1. The molecule has 2 aliphatic heterocycles. The Labute approximate surface area is 164 Å². The zero-order valence-corrected chi connectivity index (χ0v) is 15.5. The number of rotatable bonds is 3. The molecule has 29 heavy (non-hydrogen) atoms. The summed E-state index contributed by atoms with van der Waals surface area (Å²) in [5, 5.41) is 12.7. The van der Waals surface area contributed by atoms with Crippen LogP contribution in [-0.2, 0) is 13.1 Å². The summed E-state index contributed by atoms with van der Waals surface area (Å²) in [6.07, 6.45) is 3.92. The largest absolute Gasteiger partial charge is 0.503 e. The van der Waals surface area contributed by atoms with Crippen molar-refractivity contribution in [1.29, 1.82) is 0 Å². The van der Waals surface area contributed by atoms with E-state index in [0.717, 1.165) is 25.3 Å². The summed E-state index contributed by atoms with van der Waals surface area (Å²) in [4.78, 5) is 39.4. The number of hydrogen-bond acceptors (Lipinski definition) is 4. The Morgan fingerprint density at radius 2 is 2.03 bits per heavy atom. The van der Waals surface area contributed by atoms with Gasteiger partial charge in [0.15, 0.2) is 11.4 Å². The molecule has 0 saturated carbocycles. The predicted molar refractivity (Wildman–Crippen MR) is 98.6 cm³/mol. The Morgan fingerprint density at radius 3 is 2.79 bits per heavy atom. The average Bonchev–Trinajstić information content (AvgIpc) is 2.70. The normalized spacial score (nSPS) is 18.2. The van der Waals surface area contributed by atoms with Crippen molar-refractivity contribution in [2.24, 2.45) is 0 Å². The van der Waals surface area contributed by atoms with Gasteiger partial charge in [-0.05, 0) is 25.3 Å². The highest BCUT2D eigenvalue weighted by Gasteiger charge is 2.37. The maximum atomic E-state index is 13.7. The second-order valence-electron chi connectivity index (χ2n) is 7.29. The predicted octanol–water partition coefficient (Wildman–Crippen LogP) is 1.77. The highest BCUT2D eigenvalue weighted by atomic mass is 19.1. The quantitative estimate of drug-likeness (QED) is 0.817. The van der Waals surface area contributed by atoms with Crippen molar-refractivity contribution in [3.8, 4) is 5.75 Å². The molecule has 1 aromatic heterocycles. The lowest BCUT2D eigenvalue weighted by Gasteiger charge is -2.40. The summed E-state index contributed by atoms with van der Waals surface area (Å²) in [7, 11) is 0. The molecule has 1 atom stereocenters. The lowest BCUT2D eigenvalue weighted by Crippen LogP contribution is -2.51. The summed E-state index contributed by atoms with van der Waals surface area (Å²) in [6.45, 7) is 0.687. The number of carbonyl (C=O) groups is 2. The molecule has 1 saturated heterocycles. The minimum atomic E-state index is -0.961. The van der Waals surface area contributed by atoms with Crippen LogP contribution in [-0.4, -0.2) is 39.0 Å². The topological polar surface area (TPSA) is 91.6 Å². The molecule has 1 aromatic carbocycles. The van der Waals surface area contributed by atoms with Crippen LogP contribution in [0.5, 0.6) is 5.75 Å². The number of piperidine rings is 1. The SMILES string of the molecule is O=C(NCc1ccc(F)cc1F)c1cn2c(c(O)c1=O)C(=O)N1CCCCC1C2. The molecule has 2 N–H and O–H groups in total. The second-order valence-corrected chi connectivity index (χ2v) is 7.29. The van der Waals surface area contributed by atoms with Crippen molar-refractivity contribution in [2.45, 2.75) is 38.4 Å². The highest BCUT2D eigenvalue weighted by Crippen LogP contribution is 2.28. The summed E-state index contributed by atoms with van der Waals surface area (Å²) in [5.41, 5.74) is -1.37. The first-order chi connectivity index (χ1) is 13.9. The Morgan fingerprint density at radius 1 is 1.24 bits per heavy atom. The van der Waals surface area contributed by atoms with Crippen LogP contribution in [0, 0.1) is 11.6 Å². The summed E-state index contributed by atoms with van der Waals surface area (Å²) in [5.74, 6) is -3.56. The van der Waals surface area contributed by atoms with Gasteiger partial charge in [-0.25, -0.2) is 8.78 Å². The van der Waals surface area contributed by atoms with Gasteiger partial charge in [0, 0.05) is 43.5 Å². The van der Waals surface area contributed by atoms with E-state index in [2.05, 4.69) is 5.32 Å². The van der Waals surface area contributed by atoms with Crippen LogP contribution in [0.25, 0.3) is 0 Å². The maximum Gasteiger partial charge on any atom is 0.274 e. The molecule has 0 aliphatic carbocycles. The van der Waals surface area contributed by atoms with Crippen LogP contribution >= 0.6 is 0 Å². The first-order valence-corrected chi connectivity index (χ1v) is 9.36. The summed E-state index contributed by atoms with van der Waals surface area (Å²) >= 11 is 0.